The molecule has 30 heavy (non-hydrogen) atoms. The van der Waals surface area contributed by atoms with Gasteiger partial charge in [0.25, 0.3) is 0 Å². The number of benzene rings is 1. The van der Waals surface area contributed by atoms with Crippen LogP contribution >= 0.6 is 0 Å². The molecule has 0 amide bonds. The van der Waals surface area contributed by atoms with Crippen LogP contribution < -0.4 is 16.4 Å². The Hall–Kier alpha value is -3.27. The number of nitrogens with one attached hydrogen (secondary N) is 2. The Bertz CT molecular complexity index is 871. The molecular weight excluding hydrogens is 388 g/mol. The van der Waals surface area contributed by atoms with Crippen LogP contribution in [0.4, 0.5) is 17.5 Å². The van der Waals surface area contributed by atoms with E-state index in [9.17, 15) is 14.9 Å². The lowest BCUT2D eigenvalue weighted by molar-refractivity contribution is -0.384. The molecule has 160 valence electrons. The summed E-state index contributed by atoms with van der Waals surface area (Å²) in [4.78, 5) is 31.4. The number of ether oxygens (including phenoxy) is 1. The molecule has 1 aliphatic carbocycles. The second kappa shape index (κ2) is 9.97. The SMILES string of the molecule is COC(=O)[C@@H](Nc1ncc([N+](=O)[O-])c(NCC2CCC(N)CC2)n1)c1ccccc1. The maximum atomic E-state index is 12.3. The molecule has 1 heterocycles. The van der Waals surface area contributed by atoms with Gasteiger partial charge in [0.05, 0.1) is 12.0 Å². The van der Waals surface area contributed by atoms with Crippen LogP contribution in [0.2, 0.25) is 0 Å². The Labute approximate surface area is 174 Å². The van der Waals surface area contributed by atoms with E-state index in [-0.39, 0.29) is 23.5 Å². The zero-order chi connectivity index (χ0) is 21.5. The molecule has 1 saturated carbocycles. The molecule has 1 fully saturated rings. The largest absolute Gasteiger partial charge is 0.467 e. The molecule has 3 rings (SSSR count). The van der Waals surface area contributed by atoms with E-state index in [4.69, 9.17) is 10.5 Å². The third kappa shape index (κ3) is 5.41. The molecule has 10 nitrogen and oxygen atoms in total. The maximum absolute atomic E-state index is 12.3. The number of nitrogens with zero attached hydrogens (tertiary/aromatic N) is 3. The molecule has 0 radical (unpaired) electrons. The highest BCUT2D eigenvalue weighted by Gasteiger charge is 2.25. The van der Waals surface area contributed by atoms with E-state index in [0.29, 0.717) is 18.0 Å². The van der Waals surface area contributed by atoms with Crippen molar-refractivity contribution in [1.82, 2.24) is 9.97 Å². The van der Waals surface area contributed by atoms with Gasteiger partial charge < -0.3 is 21.1 Å². The molecular formula is C20H26N6O4. The first kappa shape index (κ1) is 21.4. The third-order valence-corrected chi connectivity index (χ3v) is 5.26. The fourth-order valence-electron chi connectivity index (χ4n) is 3.51. The van der Waals surface area contributed by atoms with Crippen LogP contribution in [0.3, 0.4) is 0 Å². The van der Waals surface area contributed by atoms with Gasteiger partial charge in [0.2, 0.25) is 11.8 Å². The van der Waals surface area contributed by atoms with Crippen molar-refractivity contribution in [3.8, 4) is 0 Å². The summed E-state index contributed by atoms with van der Waals surface area (Å²) < 4.78 is 4.88. The molecule has 1 aromatic carbocycles. The second-order valence-electron chi connectivity index (χ2n) is 7.36. The zero-order valence-electron chi connectivity index (χ0n) is 16.8. The lowest BCUT2D eigenvalue weighted by Gasteiger charge is -2.26. The molecule has 0 saturated heterocycles. The predicted octanol–water partition coefficient (Wildman–Crippen LogP) is 2.64. The minimum absolute atomic E-state index is 0.0908. The standard InChI is InChI=1S/C20H26N6O4/c1-30-19(27)17(14-5-3-2-4-6-14)24-20-23-12-16(26(28)29)18(25-20)22-11-13-7-9-15(21)10-8-13/h2-6,12-13,15,17H,7-11,21H2,1H3,(H2,22,23,24,25)/t13?,15?,17-/m0/s1. The molecule has 1 aromatic heterocycles. The fourth-order valence-corrected chi connectivity index (χ4v) is 3.51. The third-order valence-electron chi connectivity index (χ3n) is 5.26. The lowest BCUT2D eigenvalue weighted by atomic mass is 9.86. The quantitative estimate of drug-likeness (QED) is 0.337. The maximum Gasteiger partial charge on any atom is 0.333 e. The van der Waals surface area contributed by atoms with Crippen molar-refractivity contribution >= 4 is 23.4 Å². The van der Waals surface area contributed by atoms with Crippen LogP contribution in [-0.2, 0) is 9.53 Å². The first-order valence-corrected chi connectivity index (χ1v) is 9.88. The molecule has 0 aliphatic heterocycles. The van der Waals surface area contributed by atoms with Crippen LogP contribution in [-0.4, -0.2) is 40.6 Å². The highest BCUT2D eigenvalue weighted by Crippen LogP contribution is 2.27. The van der Waals surface area contributed by atoms with Gasteiger partial charge >= 0.3 is 11.7 Å². The number of nitrogens with two attached hydrogens (primary N) is 1. The van der Waals surface area contributed by atoms with Crippen molar-refractivity contribution in [1.29, 1.82) is 0 Å². The van der Waals surface area contributed by atoms with E-state index >= 15 is 0 Å². The summed E-state index contributed by atoms with van der Waals surface area (Å²) >= 11 is 0. The van der Waals surface area contributed by atoms with Crippen LogP contribution in [0.25, 0.3) is 0 Å². The second-order valence-corrected chi connectivity index (χ2v) is 7.36. The molecule has 1 atom stereocenters. The average Bonchev–Trinajstić information content (AvgIpc) is 2.77. The lowest BCUT2D eigenvalue weighted by Crippen LogP contribution is -2.29. The number of nitro groups is 1. The Morgan fingerprint density at radius 2 is 2.00 bits per heavy atom. The van der Waals surface area contributed by atoms with Gasteiger partial charge in [0, 0.05) is 12.6 Å². The summed E-state index contributed by atoms with van der Waals surface area (Å²) in [6.45, 7) is 0.559. The van der Waals surface area contributed by atoms with E-state index in [1.165, 1.54) is 7.11 Å². The van der Waals surface area contributed by atoms with Crippen molar-refractivity contribution in [2.75, 3.05) is 24.3 Å². The molecule has 1 aliphatic rings. The first-order valence-electron chi connectivity index (χ1n) is 9.88. The van der Waals surface area contributed by atoms with Crippen LogP contribution in [0, 0.1) is 16.0 Å². The van der Waals surface area contributed by atoms with E-state index in [1.807, 2.05) is 6.07 Å². The number of carbonyl (C=O) groups excluding carboxylic acids is 1. The molecule has 4 N–H and O–H groups in total. The van der Waals surface area contributed by atoms with Gasteiger partial charge in [0.1, 0.15) is 6.20 Å². The number of rotatable bonds is 8. The van der Waals surface area contributed by atoms with Crippen molar-refractivity contribution in [3.05, 3.63) is 52.2 Å². The molecule has 0 bridgehead atoms. The topological polar surface area (TPSA) is 145 Å². The summed E-state index contributed by atoms with van der Waals surface area (Å²) in [7, 11) is 1.29. The van der Waals surface area contributed by atoms with E-state index in [0.717, 1.165) is 31.9 Å². The predicted molar refractivity (Wildman–Crippen MR) is 112 cm³/mol. The molecule has 0 spiro atoms. The number of methoxy groups -OCH3 is 1. The zero-order valence-corrected chi connectivity index (χ0v) is 16.8. The molecule has 0 unspecified atom stereocenters. The van der Waals surface area contributed by atoms with Crippen LogP contribution in [0.15, 0.2) is 36.5 Å². The Morgan fingerprint density at radius 1 is 1.30 bits per heavy atom. The van der Waals surface area contributed by atoms with Crippen molar-refractivity contribution in [2.45, 2.75) is 37.8 Å². The Kier molecular flexibility index (Phi) is 7.12. The summed E-state index contributed by atoms with van der Waals surface area (Å²) in [5.74, 6) is 0.0659. The number of carbonyl (C=O) groups is 1. The number of anilines is 2. The average molecular weight is 414 g/mol. The summed E-state index contributed by atoms with van der Waals surface area (Å²) in [6.07, 6.45) is 4.97. The Morgan fingerprint density at radius 3 is 2.63 bits per heavy atom. The molecule has 2 aromatic rings. The Balaban J connectivity index is 1.78. The molecule has 10 heteroatoms. The van der Waals surface area contributed by atoms with Crippen molar-refractivity contribution in [2.24, 2.45) is 11.7 Å². The number of esters is 1. The monoisotopic (exact) mass is 414 g/mol. The normalized spacial score (nSPS) is 19.5. The van der Waals surface area contributed by atoms with E-state index in [1.54, 1.807) is 24.3 Å². The summed E-state index contributed by atoms with van der Waals surface area (Å²) in [5.41, 5.74) is 6.39. The highest BCUT2D eigenvalue weighted by atomic mass is 16.6. The van der Waals surface area contributed by atoms with Gasteiger partial charge in [-0.05, 0) is 37.2 Å². The first-order chi connectivity index (χ1) is 14.5. The van der Waals surface area contributed by atoms with Gasteiger partial charge in [-0.2, -0.15) is 4.98 Å². The van der Waals surface area contributed by atoms with Gasteiger partial charge in [0.15, 0.2) is 6.04 Å². The fraction of sp³-hybridized carbons (Fsp3) is 0.450. The van der Waals surface area contributed by atoms with Gasteiger partial charge in [-0.15, -0.1) is 0 Å². The van der Waals surface area contributed by atoms with Crippen molar-refractivity contribution in [3.63, 3.8) is 0 Å². The summed E-state index contributed by atoms with van der Waals surface area (Å²) in [6, 6.07) is 8.36. The number of hydrogen-bond donors (Lipinski definition) is 3. The van der Waals surface area contributed by atoms with Gasteiger partial charge in [-0.3, -0.25) is 10.1 Å². The van der Waals surface area contributed by atoms with Crippen LogP contribution in [0.1, 0.15) is 37.3 Å². The smallest absolute Gasteiger partial charge is 0.333 e. The van der Waals surface area contributed by atoms with E-state index < -0.39 is 16.9 Å². The number of hydrogen-bond acceptors (Lipinski definition) is 9. The van der Waals surface area contributed by atoms with Gasteiger partial charge in [-0.25, -0.2) is 9.78 Å². The van der Waals surface area contributed by atoms with Gasteiger partial charge in [-0.1, -0.05) is 30.3 Å². The minimum atomic E-state index is -0.842. The minimum Gasteiger partial charge on any atom is -0.467 e. The highest BCUT2D eigenvalue weighted by molar-refractivity contribution is 5.80. The van der Waals surface area contributed by atoms with Crippen molar-refractivity contribution < 1.29 is 14.5 Å². The number of aromatic nitrogens is 2. The summed E-state index contributed by atoms with van der Waals surface area (Å²) in [5, 5.41) is 17.4. The van der Waals surface area contributed by atoms with Crippen LogP contribution in [0.5, 0.6) is 0 Å². The van der Waals surface area contributed by atoms with E-state index in [2.05, 4.69) is 20.6 Å².